The Bertz CT molecular complexity index is 1150. The number of rotatable bonds is 13. The summed E-state index contributed by atoms with van der Waals surface area (Å²) in [6.07, 6.45) is 20.7. The second-order valence-electron chi connectivity index (χ2n) is 11.4. The van der Waals surface area contributed by atoms with Gasteiger partial charge in [0.2, 0.25) is 5.84 Å². The van der Waals surface area contributed by atoms with Crippen LogP contribution < -0.4 is 11.1 Å². The van der Waals surface area contributed by atoms with Gasteiger partial charge >= 0.3 is 5.90 Å². The van der Waals surface area contributed by atoms with E-state index in [4.69, 9.17) is 20.6 Å². The first-order valence-electron chi connectivity index (χ1n) is 15.8. The predicted molar refractivity (Wildman–Crippen MR) is 167 cm³/mol. The summed E-state index contributed by atoms with van der Waals surface area (Å²) in [5, 5.41) is 5.53. The maximum absolute atomic E-state index is 6.55. The third-order valence-corrected chi connectivity index (χ3v) is 8.24. The van der Waals surface area contributed by atoms with Gasteiger partial charge in [0, 0.05) is 31.8 Å². The van der Waals surface area contributed by atoms with Gasteiger partial charge in [-0.1, -0.05) is 12.7 Å². The zero-order valence-electron chi connectivity index (χ0n) is 25.1. The van der Waals surface area contributed by atoms with Gasteiger partial charge in [0.25, 0.3) is 0 Å². The van der Waals surface area contributed by atoms with E-state index in [0.29, 0.717) is 19.8 Å². The molecule has 0 spiro atoms. The van der Waals surface area contributed by atoms with Gasteiger partial charge in [0.05, 0.1) is 32.3 Å². The predicted octanol–water partition coefficient (Wildman–Crippen LogP) is 3.70. The Morgan fingerprint density at radius 3 is 2.51 bits per heavy atom. The van der Waals surface area contributed by atoms with Crippen molar-refractivity contribution in [2.45, 2.75) is 84.0 Å². The number of allylic oxidation sites excluding steroid dienone is 4. The van der Waals surface area contributed by atoms with Gasteiger partial charge in [-0.05, 0) is 85.2 Å². The topological polar surface area (TPSA) is 79.3 Å². The normalized spacial score (nSPS) is 18.7. The number of benzene rings is 1. The Hall–Kier alpha value is -3.19. The molecule has 3 aliphatic heterocycles. The number of hydrogen-bond donors (Lipinski definition) is 2. The summed E-state index contributed by atoms with van der Waals surface area (Å²) >= 11 is 0. The Kier molecular flexibility index (Phi) is 12.7. The quantitative estimate of drug-likeness (QED) is 0.166. The molecule has 0 bridgehead atoms. The standard InChI is InChI=1S/C34H51N5O2/c1-2-29(13-16-36)14-22-40-27-31-23-30(26-39-21-10-20-37-17-7-3-5-11-33(37)39)24-32(25-31)28-41-34-12-6-4-8-18-38(34)19-9-15-35/h2,13-14,16,22-25,36H,1,3-12,15,17-21,26-28,35H2/q+2/p+1/b22-14-,29-13-,36-16?. The fourth-order valence-corrected chi connectivity index (χ4v) is 6.18. The number of hydrogen-bond acceptors (Lipinski definition) is 4. The van der Waals surface area contributed by atoms with Crippen LogP contribution in [0.2, 0.25) is 0 Å². The molecule has 4 N–H and O–H groups in total. The van der Waals surface area contributed by atoms with E-state index in [1.165, 1.54) is 81.8 Å². The Morgan fingerprint density at radius 2 is 1.71 bits per heavy atom. The Balaban J connectivity index is 1.53. The zero-order valence-corrected chi connectivity index (χ0v) is 25.1. The van der Waals surface area contributed by atoms with E-state index < -0.39 is 0 Å². The van der Waals surface area contributed by atoms with Gasteiger partial charge in [-0.3, -0.25) is 14.9 Å². The molecule has 0 unspecified atom stereocenters. The zero-order chi connectivity index (χ0) is 28.7. The highest BCUT2D eigenvalue weighted by Gasteiger charge is 2.29. The van der Waals surface area contributed by atoms with Crippen molar-refractivity contribution in [3.8, 4) is 0 Å². The molecule has 0 amide bonds. The van der Waals surface area contributed by atoms with Gasteiger partial charge in [-0.2, -0.15) is 0 Å². The largest absolute Gasteiger partial charge is 0.496 e. The van der Waals surface area contributed by atoms with Crippen LogP contribution in [-0.2, 0) is 29.2 Å². The summed E-state index contributed by atoms with van der Waals surface area (Å²) in [4.78, 5) is 2.62. The summed E-state index contributed by atoms with van der Waals surface area (Å²) in [6, 6.07) is 6.88. The van der Waals surface area contributed by atoms with Crippen LogP contribution in [0.1, 0.15) is 80.9 Å². The molecule has 0 aromatic heterocycles. The molecule has 0 atom stereocenters. The molecule has 0 saturated carbocycles. The van der Waals surface area contributed by atoms with E-state index in [2.05, 4.69) is 38.8 Å². The van der Waals surface area contributed by atoms with Crippen LogP contribution in [0.15, 0.2) is 54.8 Å². The minimum absolute atomic E-state index is 0.496. The van der Waals surface area contributed by atoms with Crippen LogP contribution in [0, 0.1) is 0 Å². The summed E-state index contributed by atoms with van der Waals surface area (Å²) in [7, 11) is 0. The Labute approximate surface area is 247 Å². The summed E-state index contributed by atoms with van der Waals surface area (Å²) in [5.74, 6) is 2.67. The highest BCUT2D eigenvalue weighted by Crippen LogP contribution is 2.21. The molecule has 7 heteroatoms. The van der Waals surface area contributed by atoms with Gasteiger partial charge in [-0.15, -0.1) is 0 Å². The molecule has 41 heavy (non-hydrogen) atoms. The highest BCUT2D eigenvalue weighted by atomic mass is 16.5. The van der Waals surface area contributed by atoms with Crippen molar-refractivity contribution in [3.63, 3.8) is 0 Å². The molecule has 0 radical (unpaired) electrons. The molecule has 0 aliphatic carbocycles. The van der Waals surface area contributed by atoms with Crippen LogP contribution in [-0.4, -0.2) is 71.3 Å². The fraction of sp³-hybridized carbons (Fsp3) is 0.559. The maximum Gasteiger partial charge on any atom is 0.336 e. The van der Waals surface area contributed by atoms with Crippen LogP contribution >= 0.6 is 0 Å². The van der Waals surface area contributed by atoms with Crippen molar-refractivity contribution in [2.24, 2.45) is 5.73 Å². The van der Waals surface area contributed by atoms with Gasteiger partial charge in [0.1, 0.15) is 32.8 Å². The van der Waals surface area contributed by atoms with Crippen molar-refractivity contribution < 1.29 is 24.0 Å². The SMILES string of the molecule is C=CC(/C=C\OCc1cc(COC2=[N+](CCCN)CCCCC2)cc(CN2CCC[N+]3=C2CCCCC3)c1)=C/C=[NH2+]. The first-order chi connectivity index (χ1) is 20.2. The molecule has 1 aromatic carbocycles. The smallest absolute Gasteiger partial charge is 0.336 e. The first-order valence-corrected chi connectivity index (χ1v) is 15.8. The lowest BCUT2D eigenvalue weighted by Gasteiger charge is -2.26. The molecule has 4 rings (SSSR count). The van der Waals surface area contributed by atoms with Crippen molar-refractivity contribution in [2.75, 3.05) is 39.3 Å². The van der Waals surface area contributed by atoms with Crippen molar-refractivity contribution in [1.82, 2.24) is 4.90 Å². The maximum atomic E-state index is 6.55. The Morgan fingerprint density at radius 1 is 0.951 bits per heavy atom. The van der Waals surface area contributed by atoms with Crippen molar-refractivity contribution >= 4 is 17.9 Å². The molecule has 7 nitrogen and oxygen atoms in total. The molecule has 3 aliphatic rings. The molecular formula is C34H52N5O2+3. The van der Waals surface area contributed by atoms with E-state index in [-0.39, 0.29) is 0 Å². The lowest BCUT2D eigenvalue weighted by Crippen LogP contribution is -2.43. The van der Waals surface area contributed by atoms with Gasteiger partial charge in [0.15, 0.2) is 6.21 Å². The van der Waals surface area contributed by atoms with E-state index in [1.807, 2.05) is 6.08 Å². The van der Waals surface area contributed by atoms with E-state index in [0.717, 1.165) is 56.1 Å². The number of amidine groups is 1. The molecular weight excluding hydrogens is 510 g/mol. The van der Waals surface area contributed by atoms with Gasteiger partial charge < -0.3 is 15.2 Å². The lowest BCUT2D eigenvalue weighted by atomic mass is 10.0. The molecule has 1 aromatic rings. The highest BCUT2D eigenvalue weighted by molar-refractivity contribution is 5.78. The van der Waals surface area contributed by atoms with Crippen LogP contribution in [0.4, 0.5) is 0 Å². The minimum atomic E-state index is 0.496. The third kappa shape index (κ3) is 9.70. The minimum Gasteiger partial charge on any atom is -0.496 e. The average molecular weight is 563 g/mol. The second-order valence-corrected chi connectivity index (χ2v) is 11.4. The number of ether oxygens (including phenoxy) is 2. The monoisotopic (exact) mass is 562 g/mol. The molecule has 222 valence electrons. The summed E-state index contributed by atoms with van der Waals surface area (Å²) < 4.78 is 17.6. The molecule has 0 saturated heterocycles. The third-order valence-electron chi connectivity index (χ3n) is 8.24. The lowest BCUT2D eigenvalue weighted by molar-refractivity contribution is -0.539. The number of nitrogens with zero attached hydrogens (tertiary/aromatic N) is 3. The first kappa shape index (κ1) is 30.8. The van der Waals surface area contributed by atoms with Gasteiger partial charge in [-0.25, -0.2) is 4.58 Å². The van der Waals surface area contributed by atoms with Crippen LogP contribution in [0.5, 0.6) is 0 Å². The summed E-state index contributed by atoms with van der Waals surface area (Å²) in [6.45, 7) is 12.1. The molecule has 3 heterocycles. The van der Waals surface area contributed by atoms with Crippen molar-refractivity contribution in [3.05, 3.63) is 71.5 Å². The number of nitrogens with two attached hydrogens (primary N) is 2. The van der Waals surface area contributed by atoms with Crippen LogP contribution in [0.25, 0.3) is 0 Å². The van der Waals surface area contributed by atoms with Crippen LogP contribution in [0.3, 0.4) is 0 Å². The van der Waals surface area contributed by atoms with E-state index in [1.54, 1.807) is 24.2 Å². The molecule has 0 fully saturated rings. The average Bonchev–Trinajstić information content (AvgIpc) is 3.37. The summed E-state index contributed by atoms with van der Waals surface area (Å²) in [5.41, 5.74) is 10.4. The van der Waals surface area contributed by atoms with E-state index >= 15 is 0 Å². The van der Waals surface area contributed by atoms with Crippen molar-refractivity contribution in [1.29, 1.82) is 0 Å². The second kappa shape index (κ2) is 16.9. The fourth-order valence-electron chi connectivity index (χ4n) is 6.18. The van der Waals surface area contributed by atoms with E-state index in [9.17, 15) is 0 Å².